The Morgan fingerprint density at radius 2 is 1.08 bits per heavy atom. The predicted molar refractivity (Wildman–Crippen MR) is 103 cm³/mol. The van der Waals surface area contributed by atoms with Crippen LogP contribution in [0, 0.1) is 5.41 Å². The summed E-state index contributed by atoms with van der Waals surface area (Å²) in [5.41, 5.74) is 10.8. The fourth-order valence-electron chi connectivity index (χ4n) is 1.74. The van der Waals surface area contributed by atoms with Gasteiger partial charge in [-0.15, -0.1) is 0 Å². The Balaban J connectivity index is 0.000000405. The zero-order chi connectivity index (χ0) is 20.1. The van der Waals surface area contributed by atoms with Gasteiger partial charge in [0.05, 0.1) is 11.1 Å². The second-order valence-corrected chi connectivity index (χ2v) is 4.65. The summed E-state index contributed by atoms with van der Waals surface area (Å²) in [7, 11) is 0. The van der Waals surface area contributed by atoms with Crippen LogP contribution in [0.3, 0.4) is 0 Å². The second kappa shape index (κ2) is 11.6. The molecule has 26 heavy (non-hydrogen) atoms. The van der Waals surface area contributed by atoms with E-state index in [9.17, 15) is 9.59 Å². The molecule has 2 rings (SSSR count). The number of nitrogens with two attached hydrogens (primary N) is 2. The third kappa shape index (κ3) is 8.11. The molecule has 0 atom stereocenters. The van der Waals surface area contributed by atoms with Crippen LogP contribution in [-0.4, -0.2) is 28.1 Å². The van der Waals surface area contributed by atoms with Crippen molar-refractivity contribution in [2.75, 3.05) is 0 Å². The zero-order valence-electron chi connectivity index (χ0n) is 14.1. The van der Waals surface area contributed by atoms with Crippen molar-refractivity contribution in [2.24, 2.45) is 11.5 Å². The van der Waals surface area contributed by atoms with Gasteiger partial charge in [-0.05, 0) is 23.3 Å². The molecule has 0 bridgehead atoms. The first-order valence-corrected chi connectivity index (χ1v) is 7.23. The second-order valence-electron chi connectivity index (χ2n) is 4.65. The number of carbonyl (C=O) groups is 2. The van der Waals surface area contributed by atoms with Gasteiger partial charge in [0, 0.05) is 0 Å². The Bertz CT molecular complexity index is 737. The zero-order valence-corrected chi connectivity index (χ0v) is 14.1. The molecule has 0 saturated heterocycles. The molecule has 0 aliphatic rings. The number of guanidine groups is 1. The Morgan fingerprint density at radius 3 is 1.31 bits per heavy atom. The summed E-state index contributed by atoms with van der Waals surface area (Å²) in [6.07, 6.45) is 3.66. The lowest BCUT2D eigenvalue weighted by Crippen LogP contribution is -2.20. The van der Waals surface area contributed by atoms with Crippen LogP contribution < -0.4 is 11.5 Å². The van der Waals surface area contributed by atoms with Crippen LogP contribution >= 0.6 is 0 Å². The fourth-order valence-corrected chi connectivity index (χ4v) is 1.74. The number of benzene rings is 2. The Labute approximate surface area is 151 Å². The highest BCUT2D eigenvalue weighted by Gasteiger charge is 2.13. The van der Waals surface area contributed by atoms with E-state index in [0.29, 0.717) is 0 Å². The monoisotopic (exact) mass is 355 g/mol. The standard InChI is InChI=1S/C10H10.C8H6O4.CH5N3/c1-3-9-7-5-6-8-10(9)4-2;9-7(10)5-3-1-2-4-6(5)8(11)12;2-1(3)4/h3-8H,1-2H2;1-4H,(H,9,10)(H,11,12);(H5,2,3,4). The van der Waals surface area contributed by atoms with E-state index in [1.807, 2.05) is 36.4 Å². The highest BCUT2D eigenvalue weighted by Crippen LogP contribution is 2.10. The summed E-state index contributed by atoms with van der Waals surface area (Å²) < 4.78 is 0. The molecule has 0 aliphatic heterocycles. The topological polar surface area (TPSA) is 150 Å². The van der Waals surface area contributed by atoms with Crippen LogP contribution in [0.2, 0.25) is 0 Å². The van der Waals surface area contributed by atoms with E-state index < -0.39 is 11.9 Å². The lowest BCUT2D eigenvalue weighted by molar-refractivity contribution is 0.0651. The lowest BCUT2D eigenvalue weighted by atomic mass is 10.1. The minimum Gasteiger partial charge on any atom is -0.478 e. The van der Waals surface area contributed by atoms with Gasteiger partial charge in [0.15, 0.2) is 5.96 Å². The van der Waals surface area contributed by atoms with Crippen LogP contribution in [0.25, 0.3) is 12.2 Å². The van der Waals surface area contributed by atoms with E-state index in [1.54, 1.807) is 0 Å². The van der Waals surface area contributed by atoms with Crippen LogP contribution in [0.5, 0.6) is 0 Å². The largest absolute Gasteiger partial charge is 0.478 e. The normalized spacial score (nSPS) is 8.62. The van der Waals surface area contributed by atoms with Crippen molar-refractivity contribution in [2.45, 2.75) is 0 Å². The van der Waals surface area contributed by atoms with Gasteiger partial charge in [0.1, 0.15) is 0 Å². The SMILES string of the molecule is C=Cc1ccccc1C=C.N=C(N)N.O=C(O)c1ccccc1C(=O)O. The summed E-state index contributed by atoms with van der Waals surface area (Å²) in [5.74, 6) is -2.79. The third-order valence-electron chi connectivity index (χ3n) is 2.82. The van der Waals surface area contributed by atoms with Crippen molar-refractivity contribution >= 4 is 30.1 Å². The van der Waals surface area contributed by atoms with E-state index in [-0.39, 0.29) is 17.1 Å². The quantitative estimate of drug-likeness (QED) is 0.420. The number of carboxylic acid groups (broad SMARTS) is 2. The lowest BCUT2D eigenvalue weighted by Gasteiger charge is -1.98. The summed E-state index contributed by atoms with van der Waals surface area (Å²) in [5, 5.41) is 23.2. The first-order chi connectivity index (χ1) is 12.2. The number of rotatable bonds is 4. The van der Waals surface area contributed by atoms with Crippen LogP contribution in [0.4, 0.5) is 0 Å². The average Bonchev–Trinajstić information content (AvgIpc) is 2.61. The van der Waals surface area contributed by atoms with Gasteiger partial charge in [0.2, 0.25) is 0 Å². The average molecular weight is 355 g/mol. The predicted octanol–water partition coefficient (Wildman–Crippen LogP) is 2.89. The molecule has 2 aromatic carbocycles. The van der Waals surface area contributed by atoms with Crippen LogP contribution in [-0.2, 0) is 0 Å². The molecule has 0 aromatic heterocycles. The molecule has 7 nitrogen and oxygen atoms in total. The van der Waals surface area contributed by atoms with Gasteiger partial charge in [-0.2, -0.15) is 0 Å². The van der Waals surface area contributed by atoms with Gasteiger partial charge in [-0.3, -0.25) is 5.41 Å². The third-order valence-corrected chi connectivity index (χ3v) is 2.82. The van der Waals surface area contributed by atoms with Crippen LogP contribution in [0.15, 0.2) is 61.7 Å². The minimum absolute atomic E-state index is 0.190. The number of hydrogen-bond acceptors (Lipinski definition) is 3. The molecule has 136 valence electrons. The molecular weight excluding hydrogens is 334 g/mol. The molecular formula is C19H21N3O4. The van der Waals surface area contributed by atoms with Crippen molar-refractivity contribution < 1.29 is 19.8 Å². The maximum atomic E-state index is 10.5. The summed E-state index contributed by atoms with van der Waals surface area (Å²) >= 11 is 0. The van der Waals surface area contributed by atoms with E-state index in [1.165, 1.54) is 24.3 Å². The molecule has 0 aliphatic carbocycles. The van der Waals surface area contributed by atoms with Crippen molar-refractivity contribution in [3.05, 3.63) is 83.9 Å². The Kier molecular flexibility index (Phi) is 9.90. The summed E-state index contributed by atoms with van der Waals surface area (Å²) in [6.45, 7) is 7.38. The molecule has 0 unspecified atom stereocenters. The maximum absolute atomic E-state index is 10.5. The molecule has 0 radical (unpaired) electrons. The molecule has 0 saturated carbocycles. The Morgan fingerprint density at radius 1 is 0.808 bits per heavy atom. The van der Waals surface area contributed by atoms with E-state index in [2.05, 4.69) is 24.6 Å². The van der Waals surface area contributed by atoms with Crippen molar-refractivity contribution in [3.8, 4) is 0 Å². The van der Waals surface area contributed by atoms with Gasteiger partial charge < -0.3 is 21.7 Å². The first kappa shape index (κ1) is 22.1. The minimum atomic E-state index is -1.23. The summed E-state index contributed by atoms with van der Waals surface area (Å²) in [6, 6.07) is 13.5. The molecule has 7 heteroatoms. The number of aromatic carboxylic acids is 2. The maximum Gasteiger partial charge on any atom is 0.336 e. The van der Waals surface area contributed by atoms with E-state index in [4.69, 9.17) is 15.6 Å². The molecule has 0 heterocycles. The molecule has 0 spiro atoms. The van der Waals surface area contributed by atoms with Gasteiger partial charge in [0.25, 0.3) is 0 Å². The number of hydrogen-bond donors (Lipinski definition) is 5. The van der Waals surface area contributed by atoms with Gasteiger partial charge >= 0.3 is 11.9 Å². The van der Waals surface area contributed by atoms with Crippen molar-refractivity contribution in [1.29, 1.82) is 5.41 Å². The van der Waals surface area contributed by atoms with Gasteiger partial charge in [-0.25, -0.2) is 9.59 Å². The molecule has 0 amide bonds. The summed E-state index contributed by atoms with van der Waals surface area (Å²) in [4.78, 5) is 20.9. The first-order valence-electron chi connectivity index (χ1n) is 7.23. The molecule has 7 N–H and O–H groups in total. The Hall–Kier alpha value is -3.87. The highest BCUT2D eigenvalue weighted by molar-refractivity contribution is 6.01. The number of nitrogens with one attached hydrogen (secondary N) is 1. The molecule has 2 aromatic rings. The van der Waals surface area contributed by atoms with Crippen molar-refractivity contribution in [1.82, 2.24) is 0 Å². The number of carboxylic acids is 2. The van der Waals surface area contributed by atoms with E-state index >= 15 is 0 Å². The van der Waals surface area contributed by atoms with Crippen LogP contribution in [0.1, 0.15) is 31.8 Å². The smallest absolute Gasteiger partial charge is 0.336 e. The molecule has 0 fully saturated rings. The van der Waals surface area contributed by atoms with Gasteiger partial charge in [-0.1, -0.05) is 61.7 Å². The fraction of sp³-hybridized carbons (Fsp3) is 0. The van der Waals surface area contributed by atoms with E-state index in [0.717, 1.165) is 11.1 Å². The van der Waals surface area contributed by atoms with Crippen molar-refractivity contribution in [3.63, 3.8) is 0 Å². The highest BCUT2D eigenvalue weighted by atomic mass is 16.4.